The summed E-state index contributed by atoms with van der Waals surface area (Å²) in [5.41, 5.74) is 1.24. The first-order valence-corrected chi connectivity index (χ1v) is 6.99. The zero-order chi connectivity index (χ0) is 14.9. The number of nitrogens with zero attached hydrogens (tertiary/aromatic N) is 1. The molecule has 0 unspecified atom stereocenters. The van der Waals surface area contributed by atoms with Crippen LogP contribution in [-0.4, -0.2) is 39.5 Å². The van der Waals surface area contributed by atoms with Crippen LogP contribution in [0, 0.1) is 0 Å². The Morgan fingerprint density at radius 2 is 2.05 bits per heavy atom. The SMILES string of the molecule is CC(C)N(CC(=O)O)C(=O)c1cc2cc(Br)ccc2[nH]1. The lowest BCUT2D eigenvalue weighted by atomic mass is 10.2. The molecule has 0 fully saturated rings. The number of nitrogens with one attached hydrogen (secondary N) is 1. The van der Waals surface area contributed by atoms with Gasteiger partial charge in [-0.3, -0.25) is 9.59 Å². The van der Waals surface area contributed by atoms with E-state index < -0.39 is 5.97 Å². The molecule has 2 aromatic rings. The molecule has 106 valence electrons. The molecular weight excluding hydrogens is 324 g/mol. The second-order valence-electron chi connectivity index (χ2n) is 4.84. The second-order valence-corrected chi connectivity index (χ2v) is 5.75. The summed E-state index contributed by atoms with van der Waals surface area (Å²) >= 11 is 3.38. The van der Waals surface area contributed by atoms with Gasteiger partial charge in [-0.25, -0.2) is 0 Å². The predicted octanol–water partition coefficient (Wildman–Crippen LogP) is 2.87. The van der Waals surface area contributed by atoms with Crippen LogP contribution in [0.2, 0.25) is 0 Å². The van der Waals surface area contributed by atoms with Crippen LogP contribution >= 0.6 is 15.9 Å². The highest BCUT2D eigenvalue weighted by molar-refractivity contribution is 9.10. The van der Waals surface area contributed by atoms with Crippen molar-refractivity contribution in [2.24, 2.45) is 0 Å². The molecule has 0 radical (unpaired) electrons. The van der Waals surface area contributed by atoms with Gasteiger partial charge in [-0.15, -0.1) is 0 Å². The lowest BCUT2D eigenvalue weighted by molar-refractivity contribution is -0.138. The van der Waals surface area contributed by atoms with Gasteiger partial charge >= 0.3 is 5.97 Å². The number of aromatic amines is 1. The molecule has 0 atom stereocenters. The van der Waals surface area contributed by atoms with E-state index in [0.29, 0.717) is 5.69 Å². The summed E-state index contributed by atoms with van der Waals surface area (Å²) in [5, 5.41) is 9.80. The number of rotatable bonds is 4. The highest BCUT2D eigenvalue weighted by Crippen LogP contribution is 2.21. The lowest BCUT2D eigenvalue weighted by Crippen LogP contribution is -2.40. The van der Waals surface area contributed by atoms with Crippen molar-refractivity contribution in [3.05, 3.63) is 34.4 Å². The number of carbonyl (C=O) groups excluding carboxylic acids is 1. The van der Waals surface area contributed by atoms with E-state index in [9.17, 15) is 9.59 Å². The van der Waals surface area contributed by atoms with Gasteiger partial charge < -0.3 is 15.0 Å². The fraction of sp³-hybridized carbons (Fsp3) is 0.286. The number of fused-ring (bicyclic) bond motifs is 1. The van der Waals surface area contributed by atoms with Gasteiger partial charge in [0.2, 0.25) is 0 Å². The van der Waals surface area contributed by atoms with Crippen molar-refractivity contribution >= 4 is 38.7 Å². The van der Waals surface area contributed by atoms with Gasteiger partial charge in [-0.1, -0.05) is 15.9 Å². The molecule has 1 heterocycles. The fourth-order valence-corrected chi connectivity index (χ4v) is 2.39. The molecule has 20 heavy (non-hydrogen) atoms. The van der Waals surface area contributed by atoms with Crippen LogP contribution in [0.1, 0.15) is 24.3 Å². The number of aliphatic carboxylic acids is 1. The maximum Gasteiger partial charge on any atom is 0.323 e. The monoisotopic (exact) mass is 338 g/mol. The second kappa shape index (κ2) is 5.66. The Labute approximate surface area is 124 Å². The standard InChI is InChI=1S/C14H15BrN2O3/c1-8(2)17(7-13(18)19)14(20)12-6-9-5-10(15)3-4-11(9)16-12/h3-6,8,16H,7H2,1-2H3,(H,18,19). The van der Waals surface area contributed by atoms with Crippen molar-refractivity contribution in [2.45, 2.75) is 19.9 Å². The summed E-state index contributed by atoms with van der Waals surface area (Å²) in [5.74, 6) is -1.33. The van der Waals surface area contributed by atoms with Crippen molar-refractivity contribution < 1.29 is 14.7 Å². The molecule has 6 heteroatoms. The average Bonchev–Trinajstić information content (AvgIpc) is 2.77. The van der Waals surface area contributed by atoms with E-state index in [-0.39, 0.29) is 18.5 Å². The minimum absolute atomic E-state index is 0.184. The van der Waals surface area contributed by atoms with Crippen molar-refractivity contribution in [2.75, 3.05) is 6.54 Å². The van der Waals surface area contributed by atoms with E-state index >= 15 is 0 Å². The minimum atomic E-state index is -1.02. The Morgan fingerprint density at radius 3 is 2.65 bits per heavy atom. The van der Waals surface area contributed by atoms with Crippen LogP contribution in [0.4, 0.5) is 0 Å². The molecular formula is C14H15BrN2O3. The highest BCUT2D eigenvalue weighted by Gasteiger charge is 2.22. The Balaban J connectivity index is 2.35. The number of H-pyrrole nitrogens is 1. The summed E-state index contributed by atoms with van der Waals surface area (Å²) in [7, 11) is 0. The van der Waals surface area contributed by atoms with Gasteiger partial charge in [0.15, 0.2) is 0 Å². The molecule has 2 N–H and O–H groups in total. The third-order valence-corrected chi connectivity index (χ3v) is 3.50. The van der Waals surface area contributed by atoms with E-state index in [1.165, 1.54) is 4.90 Å². The summed E-state index contributed by atoms with van der Waals surface area (Å²) in [4.78, 5) is 27.6. The number of aromatic nitrogens is 1. The Bertz CT molecular complexity index is 663. The third kappa shape index (κ3) is 3.01. The van der Waals surface area contributed by atoms with Gasteiger partial charge in [0.25, 0.3) is 5.91 Å². The Kier molecular flexibility index (Phi) is 4.13. The highest BCUT2D eigenvalue weighted by atomic mass is 79.9. The van der Waals surface area contributed by atoms with Gasteiger partial charge in [0.05, 0.1) is 0 Å². The first kappa shape index (κ1) is 14.6. The number of benzene rings is 1. The van der Waals surface area contributed by atoms with Crippen LogP contribution in [0.3, 0.4) is 0 Å². The first-order chi connectivity index (χ1) is 9.38. The van der Waals surface area contributed by atoms with E-state index in [4.69, 9.17) is 5.11 Å². The molecule has 5 nitrogen and oxygen atoms in total. The molecule has 0 spiro atoms. The van der Waals surface area contributed by atoms with Crippen molar-refractivity contribution in [1.82, 2.24) is 9.88 Å². The smallest absolute Gasteiger partial charge is 0.323 e. The normalized spacial score (nSPS) is 11.0. The summed E-state index contributed by atoms with van der Waals surface area (Å²) in [6, 6.07) is 7.20. The summed E-state index contributed by atoms with van der Waals surface area (Å²) < 4.78 is 0.925. The summed E-state index contributed by atoms with van der Waals surface area (Å²) in [6.45, 7) is 3.27. The number of carboxylic acids is 1. The molecule has 1 aromatic carbocycles. The first-order valence-electron chi connectivity index (χ1n) is 6.19. The van der Waals surface area contributed by atoms with Gasteiger partial charge in [-0.2, -0.15) is 0 Å². The topological polar surface area (TPSA) is 73.4 Å². The van der Waals surface area contributed by atoms with E-state index in [1.54, 1.807) is 19.9 Å². The molecule has 1 aromatic heterocycles. The molecule has 0 aliphatic rings. The van der Waals surface area contributed by atoms with Crippen molar-refractivity contribution in [3.63, 3.8) is 0 Å². The van der Waals surface area contributed by atoms with Crippen LogP contribution in [0.15, 0.2) is 28.7 Å². The lowest BCUT2D eigenvalue weighted by Gasteiger charge is -2.24. The maximum atomic E-state index is 12.4. The van der Waals surface area contributed by atoms with E-state index in [1.807, 2.05) is 18.2 Å². The van der Waals surface area contributed by atoms with E-state index in [2.05, 4.69) is 20.9 Å². The van der Waals surface area contributed by atoms with Crippen LogP contribution < -0.4 is 0 Å². The Hall–Kier alpha value is -1.82. The number of hydrogen-bond acceptors (Lipinski definition) is 2. The molecule has 0 bridgehead atoms. The number of amides is 1. The average molecular weight is 339 g/mol. The van der Waals surface area contributed by atoms with Gasteiger partial charge in [-0.05, 0) is 38.1 Å². The zero-order valence-corrected chi connectivity index (χ0v) is 12.8. The number of halogens is 1. The molecule has 0 aliphatic carbocycles. The Morgan fingerprint density at radius 1 is 1.35 bits per heavy atom. The zero-order valence-electron chi connectivity index (χ0n) is 11.2. The number of carboxylic acid groups (broad SMARTS) is 1. The fourth-order valence-electron chi connectivity index (χ4n) is 2.01. The minimum Gasteiger partial charge on any atom is -0.480 e. The summed E-state index contributed by atoms with van der Waals surface area (Å²) in [6.07, 6.45) is 0. The molecule has 0 aliphatic heterocycles. The van der Waals surface area contributed by atoms with Crippen molar-refractivity contribution in [3.8, 4) is 0 Å². The largest absolute Gasteiger partial charge is 0.480 e. The predicted molar refractivity (Wildman–Crippen MR) is 79.8 cm³/mol. The quantitative estimate of drug-likeness (QED) is 0.900. The van der Waals surface area contributed by atoms with Crippen LogP contribution in [-0.2, 0) is 4.79 Å². The molecule has 1 amide bonds. The van der Waals surface area contributed by atoms with E-state index in [0.717, 1.165) is 15.4 Å². The molecule has 0 saturated carbocycles. The van der Waals surface area contributed by atoms with Crippen molar-refractivity contribution in [1.29, 1.82) is 0 Å². The van der Waals surface area contributed by atoms with Gasteiger partial charge in [0.1, 0.15) is 12.2 Å². The van der Waals surface area contributed by atoms with Gasteiger partial charge in [0, 0.05) is 21.4 Å². The number of hydrogen-bond donors (Lipinski definition) is 2. The van der Waals surface area contributed by atoms with Crippen LogP contribution in [0.5, 0.6) is 0 Å². The number of carbonyl (C=O) groups is 2. The van der Waals surface area contributed by atoms with Crippen LogP contribution in [0.25, 0.3) is 10.9 Å². The maximum absolute atomic E-state index is 12.4. The third-order valence-electron chi connectivity index (χ3n) is 3.00. The molecule has 0 saturated heterocycles. The molecule has 2 rings (SSSR count).